The van der Waals surface area contributed by atoms with Crippen LogP contribution in [0.4, 0.5) is 0 Å². The number of hydrogen-bond donors (Lipinski definition) is 1. The highest BCUT2D eigenvalue weighted by molar-refractivity contribution is 5.84. The summed E-state index contributed by atoms with van der Waals surface area (Å²) in [5, 5.41) is 11.9. The molecule has 0 heterocycles. The van der Waals surface area contributed by atoms with Gasteiger partial charge in [0.1, 0.15) is 11.5 Å². The molecule has 0 saturated heterocycles. The van der Waals surface area contributed by atoms with E-state index in [4.69, 9.17) is 4.74 Å². The fraction of sp³-hybridized carbons (Fsp3) is 0.595. The van der Waals surface area contributed by atoms with E-state index < -0.39 is 5.97 Å². The summed E-state index contributed by atoms with van der Waals surface area (Å²) in [6.45, 7) is 28.1. The SMILES string of the molecule is C=CC(=O)Oc1c(CCCCC)cc(C(C)(C)CC)cc1C(C)c1cc(C(C)(C)CC)cc(C(C)(C)CC)c1O. The second-order valence-corrected chi connectivity index (χ2v) is 13.5. The first-order valence-corrected chi connectivity index (χ1v) is 15.5. The van der Waals surface area contributed by atoms with Gasteiger partial charge >= 0.3 is 5.97 Å². The lowest BCUT2D eigenvalue weighted by atomic mass is 9.73. The van der Waals surface area contributed by atoms with Gasteiger partial charge in [-0.1, -0.05) is 120 Å². The molecule has 0 spiro atoms. The topological polar surface area (TPSA) is 46.5 Å². The van der Waals surface area contributed by atoms with Gasteiger partial charge in [0, 0.05) is 28.7 Å². The van der Waals surface area contributed by atoms with Gasteiger partial charge in [0.25, 0.3) is 0 Å². The first-order valence-electron chi connectivity index (χ1n) is 15.5. The number of carbonyl (C=O) groups excluding carboxylic acids is 1. The molecule has 2 aromatic carbocycles. The summed E-state index contributed by atoms with van der Waals surface area (Å²) in [6.07, 6.45) is 8.22. The Bertz CT molecular complexity index is 1180. The zero-order valence-electron chi connectivity index (χ0n) is 27.4. The van der Waals surface area contributed by atoms with E-state index in [0.717, 1.165) is 67.2 Å². The smallest absolute Gasteiger partial charge is 0.335 e. The van der Waals surface area contributed by atoms with Crippen LogP contribution in [0.2, 0.25) is 0 Å². The number of benzene rings is 2. The lowest BCUT2D eigenvalue weighted by Crippen LogP contribution is -2.22. The van der Waals surface area contributed by atoms with Crippen molar-refractivity contribution in [1.82, 2.24) is 0 Å². The summed E-state index contributed by atoms with van der Waals surface area (Å²) in [4.78, 5) is 12.6. The molecule has 1 atom stereocenters. The van der Waals surface area contributed by atoms with Gasteiger partial charge in [-0.05, 0) is 65.0 Å². The molecule has 2 aromatic rings. The third-order valence-corrected chi connectivity index (χ3v) is 9.63. The summed E-state index contributed by atoms with van der Waals surface area (Å²) in [5.74, 6) is 0.332. The molecule has 0 aliphatic heterocycles. The van der Waals surface area contributed by atoms with Crippen LogP contribution in [0.15, 0.2) is 36.9 Å². The molecular formula is C37H56O3. The Balaban J connectivity index is 2.98. The predicted octanol–water partition coefficient (Wildman–Crippen LogP) is 10.4. The van der Waals surface area contributed by atoms with Gasteiger partial charge in [0.2, 0.25) is 0 Å². The van der Waals surface area contributed by atoms with Gasteiger partial charge in [-0.3, -0.25) is 0 Å². The molecule has 0 aliphatic carbocycles. The molecule has 1 unspecified atom stereocenters. The molecule has 0 aromatic heterocycles. The Labute approximate surface area is 245 Å². The Morgan fingerprint density at radius 3 is 1.88 bits per heavy atom. The highest BCUT2D eigenvalue weighted by Crippen LogP contribution is 2.47. The molecule has 3 nitrogen and oxygen atoms in total. The van der Waals surface area contributed by atoms with E-state index in [1.54, 1.807) is 0 Å². The Hall–Kier alpha value is -2.55. The van der Waals surface area contributed by atoms with E-state index >= 15 is 0 Å². The number of carbonyl (C=O) groups is 1. The van der Waals surface area contributed by atoms with Crippen LogP contribution in [0.5, 0.6) is 11.5 Å². The average molecular weight is 549 g/mol. The van der Waals surface area contributed by atoms with Crippen molar-refractivity contribution in [3.05, 3.63) is 70.3 Å². The van der Waals surface area contributed by atoms with Crippen molar-refractivity contribution in [1.29, 1.82) is 0 Å². The van der Waals surface area contributed by atoms with Gasteiger partial charge in [-0.25, -0.2) is 4.79 Å². The minimum atomic E-state index is -0.453. The monoisotopic (exact) mass is 548 g/mol. The zero-order valence-corrected chi connectivity index (χ0v) is 27.4. The lowest BCUT2D eigenvalue weighted by Gasteiger charge is -2.33. The molecule has 0 saturated carbocycles. The van der Waals surface area contributed by atoms with Crippen LogP contribution in [0.1, 0.15) is 154 Å². The van der Waals surface area contributed by atoms with E-state index in [1.807, 2.05) is 0 Å². The van der Waals surface area contributed by atoms with Crippen LogP contribution in [0.25, 0.3) is 0 Å². The number of phenolic OH excluding ortho intramolecular Hbond substituents is 1. The third kappa shape index (κ3) is 7.39. The quantitative estimate of drug-likeness (QED) is 0.110. The number of phenols is 1. The normalized spacial score (nSPS) is 13.3. The van der Waals surface area contributed by atoms with Crippen LogP contribution in [-0.2, 0) is 27.5 Å². The number of aromatic hydroxyl groups is 1. The van der Waals surface area contributed by atoms with Crippen molar-refractivity contribution in [2.24, 2.45) is 0 Å². The lowest BCUT2D eigenvalue weighted by molar-refractivity contribution is -0.129. The van der Waals surface area contributed by atoms with E-state index in [-0.39, 0.29) is 22.2 Å². The maximum Gasteiger partial charge on any atom is 0.335 e. The van der Waals surface area contributed by atoms with Crippen molar-refractivity contribution >= 4 is 5.97 Å². The first kappa shape index (κ1) is 33.7. The molecule has 222 valence electrons. The van der Waals surface area contributed by atoms with Crippen LogP contribution < -0.4 is 4.74 Å². The fourth-order valence-electron chi connectivity index (χ4n) is 5.10. The Morgan fingerprint density at radius 2 is 1.38 bits per heavy atom. The van der Waals surface area contributed by atoms with Crippen LogP contribution in [0.3, 0.4) is 0 Å². The number of hydrogen-bond acceptors (Lipinski definition) is 3. The molecule has 0 amide bonds. The van der Waals surface area contributed by atoms with Gasteiger partial charge < -0.3 is 9.84 Å². The van der Waals surface area contributed by atoms with E-state index in [2.05, 4.69) is 107 Å². The molecule has 40 heavy (non-hydrogen) atoms. The molecule has 2 rings (SSSR count). The van der Waals surface area contributed by atoms with Crippen molar-refractivity contribution in [2.75, 3.05) is 0 Å². The van der Waals surface area contributed by atoms with Crippen molar-refractivity contribution in [3.63, 3.8) is 0 Å². The molecule has 0 bridgehead atoms. The van der Waals surface area contributed by atoms with Crippen molar-refractivity contribution in [2.45, 2.75) is 143 Å². The highest BCUT2D eigenvalue weighted by atomic mass is 16.5. The summed E-state index contributed by atoms with van der Waals surface area (Å²) in [6, 6.07) is 8.85. The number of esters is 1. The summed E-state index contributed by atoms with van der Waals surface area (Å²) >= 11 is 0. The first-order chi connectivity index (χ1) is 18.6. The average Bonchev–Trinajstić information content (AvgIpc) is 2.92. The Kier molecular flexibility index (Phi) is 11.3. The maximum absolute atomic E-state index is 12.6. The third-order valence-electron chi connectivity index (χ3n) is 9.63. The molecule has 1 N–H and O–H groups in total. The van der Waals surface area contributed by atoms with Gasteiger partial charge in [0.05, 0.1) is 0 Å². The number of unbranched alkanes of at least 4 members (excludes halogenated alkanes) is 2. The van der Waals surface area contributed by atoms with Crippen LogP contribution in [-0.4, -0.2) is 11.1 Å². The van der Waals surface area contributed by atoms with Gasteiger partial charge in [0.15, 0.2) is 0 Å². The van der Waals surface area contributed by atoms with E-state index in [0.29, 0.717) is 11.5 Å². The standard InChI is InChI=1S/C37H56O3/c1-13-18-19-20-26-21-27(35(7,8)15-3)23-30(34(26)40-32(38)14-2)25(6)29-22-28(36(9,10)16-4)24-31(33(29)39)37(11,12)17-5/h14,21-25,39H,2,13,15-20H2,1,3-12H3. The van der Waals surface area contributed by atoms with Crippen molar-refractivity contribution < 1.29 is 14.6 Å². The van der Waals surface area contributed by atoms with Gasteiger partial charge in [-0.15, -0.1) is 0 Å². The molecule has 0 aliphatic rings. The molecule has 3 heteroatoms. The summed E-state index contributed by atoms with van der Waals surface area (Å²) < 4.78 is 6.04. The van der Waals surface area contributed by atoms with Crippen LogP contribution >= 0.6 is 0 Å². The van der Waals surface area contributed by atoms with E-state index in [1.165, 1.54) is 17.2 Å². The van der Waals surface area contributed by atoms with Crippen LogP contribution in [0, 0.1) is 0 Å². The second kappa shape index (κ2) is 13.4. The minimum Gasteiger partial charge on any atom is -0.507 e. The van der Waals surface area contributed by atoms with E-state index in [9.17, 15) is 9.90 Å². The number of ether oxygens (including phenoxy) is 1. The highest BCUT2D eigenvalue weighted by Gasteiger charge is 2.32. The van der Waals surface area contributed by atoms with Gasteiger partial charge in [-0.2, -0.15) is 0 Å². The largest absolute Gasteiger partial charge is 0.507 e. The number of aryl methyl sites for hydroxylation is 1. The maximum atomic E-state index is 12.6. The minimum absolute atomic E-state index is 0.0432. The molecule has 0 radical (unpaired) electrons. The fourth-order valence-corrected chi connectivity index (χ4v) is 5.10. The number of rotatable bonds is 14. The summed E-state index contributed by atoms with van der Waals surface area (Å²) in [5.41, 5.74) is 6.06. The second-order valence-electron chi connectivity index (χ2n) is 13.5. The summed E-state index contributed by atoms with van der Waals surface area (Å²) in [7, 11) is 0. The Morgan fingerprint density at radius 1 is 0.850 bits per heavy atom. The zero-order chi connectivity index (χ0) is 30.5. The van der Waals surface area contributed by atoms with Crippen molar-refractivity contribution in [3.8, 4) is 11.5 Å². The predicted molar refractivity (Wildman–Crippen MR) is 171 cm³/mol. The molecule has 0 fully saturated rings. The molecular weight excluding hydrogens is 492 g/mol.